The SMILES string of the molecule is Cc1cnc(Cl)c(NC(=O)Cn2cc(N)cn2)c1. The summed E-state index contributed by atoms with van der Waals surface area (Å²) in [5.41, 5.74) is 7.42. The molecule has 18 heavy (non-hydrogen) atoms. The molecule has 0 unspecified atom stereocenters. The number of hydrogen-bond acceptors (Lipinski definition) is 4. The molecule has 0 saturated heterocycles. The molecule has 0 aliphatic rings. The fourth-order valence-electron chi connectivity index (χ4n) is 1.44. The molecule has 1 amide bonds. The topological polar surface area (TPSA) is 85.8 Å². The first kappa shape index (κ1) is 12.4. The van der Waals surface area contributed by atoms with Gasteiger partial charge in [-0.05, 0) is 18.6 Å². The number of carbonyl (C=O) groups excluding carboxylic acids is 1. The number of anilines is 2. The third kappa shape index (κ3) is 2.98. The van der Waals surface area contributed by atoms with Gasteiger partial charge in [0.25, 0.3) is 0 Å². The van der Waals surface area contributed by atoms with Gasteiger partial charge >= 0.3 is 0 Å². The molecule has 2 heterocycles. The quantitative estimate of drug-likeness (QED) is 0.823. The minimum atomic E-state index is -0.243. The molecule has 0 aromatic carbocycles. The first-order valence-corrected chi connectivity index (χ1v) is 5.62. The smallest absolute Gasteiger partial charge is 0.246 e. The van der Waals surface area contributed by atoms with E-state index in [1.165, 1.54) is 10.9 Å². The van der Waals surface area contributed by atoms with E-state index in [-0.39, 0.29) is 17.6 Å². The average molecular weight is 266 g/mol. The number of amides is 1. The number of aryl methyl sites for hydroxylation is 1. The van der Waals surface area contributed by atoms with Crippen LogP contribution < -0.4 is 11.1 Å². The predicted molar refractivity (Wildman–Crippen MR) is 69.3 cm³/mol. The van der Waals surface area contributed by atoms with Gasteiger partial charge in [-0.2, -0.15) is 5.10 Å². The second kappa shape index (κ2) is 5.05. The Bertz CT molecular complexity index is 581. The molecule has 7 heteroatoms. The summed E-state index contributed by atoms with van der Waals surface area (Å²) in [7, 11) is 0. The van der Waals surface area contributed by atoms with Crippen LogP contribution >= 0.6 is 11.6 Å². The summed E-state index contributed by atoms with van der Waals surface area (Å²) in [5.74, 6) is -0.243. The van der Waals surface area contributed by atoms with Crippen molar-refractivity contribution in [3.05, 3.63) is 35.4 Å². The molecule has 0 aliphatic heterocycles. The summed E-state index contributed by atoms with van der Waals surface area (Å²) in [6.45, 7) is 1.94. The Labute approximate surface area is 109 Å². The minimum absolute atomic E-state index is 0.0709. The van der Waals surface area contributed by atoms with E-state index in [9.17, 15) is 4.79 Å². The van der Waals surface area contributed by atoms with Crippen molar-refractivity contribution >= 4 is 28.9 Å². The van der Waals surface area contributed by atoms with Crippen molar-refractivity contribution in [3.63, 3.8) is 0 Å². The molecule has 94 valence electrons. The molecule has 3 N–H and O–H groups in total. The molecule has 2 aromatic heterocycles. The molecule has 0 bridgehead atoms. The van der Waals surface area contributed by atoms with Crippen LogP contribution in [0.25, 0.3) is 0 Å². The van der Waals surface area contributed by atoms with Crippen LogP contribution in [-0.4, -0.2) is 20.7 Å². The average Bonchev–Trinajstić information content (AvgIpc) is 2.69. The Morgan fingerprint density at radius 3 is 3.00 bits per heavy atom. The first-order chi connectivity index (χ1) is 8.54. The third-order valence-electron chi connectivity index (χ3n) is 2.21. The summed E-state index contributed by atoms with van der Waals surface area (Å²) in [6, 6.07) is 1.75. The second-order valence-corrected chi connectivity index (χ2v) is 4.23. The highest BCUT2D eigenvalue weighted by Gasteiger charge is 2.08. The summed E-state index contributed by atoms with van der Waals surface area (Å²) < 4.78 is 1.45. The number of hydrogen-bond donors (Lipinski definition) is 2. The zero-order chi connectivity index (χ0) is 13.1. The number of carbonyl (C=O) groups is 1. The molecule has 2 aromatic rings. The van der Waals surface area contributed by atoms with Gasteiger partial charge in [-0.15, -0.1) is 0 Å². The number of nitrogens with zero attached hydrogens (tertiary/aromatic N) is 3. The summed E-state index contributed by atoms with van der Waals surface area (Å²) in [4.78, 5) is 15.7. The number of halogens is 1. The molecule has 0 atom stereocenters. The van der Waals surface area contributed by atoms with Gasteiger partial charge in [0.05, 0.1) is 17.6 Å². The fraction of sp³-hybridized carbons (Fsp3) is 0.182. The highest BCUT2D eigenvalue weighted by Crippen LogP contribution is 2.19. The lowest BCUT2D eigenvalue weighted by Gasteiger charge is -2.07. The van der Waals surface area contributed by atoms with Crippen LogP contribution in [0.1, 0.15) is 5.56 Å². The number of nitrogens with two attached hydrogens (primary N) is 1. The van der Waals surface area contributed by atoms with Crippen LogP contribution in [0.15, 0.2) is 24.7 Å². The maximum Gasteiger partial charge on any atom is 0.246 e. The Morgan fingerprint density at radius 2 is 2.33 bits per heavy atom. The van der Waals surface area contributed by atoms with Crippen molar-refractivity contribution in [3.8, 4) is 0 Å². The molecular weight excluding hydrogens is 254 g/mol. The summed E-state index contributed by atoms with van der Waals surface area (Å²) in [5, 5.41) is 6.85. The van der Waals surface area contributed by atoms with E-state index < -0.39 is 0 Å². The fourth-order valence-corrected chi connectivity index (χ4v) is 1.59. The molecule has 0 radical (unpaired) electrons. The normalized spacial score (nSPS) is 10.3. The van der Waals surface area contributed by atoms with Crippen molar-refractivity contribution in [2.45, 2.75) is 13.5 Å². The molecule has 6 nitrogen and oxygen atoms in total. The zero-order valence-corrected chi connectivity index (χ0v) is 10.5. The Balaban J connectivity index is 2.05. The van der Waals surface area contributed by atoms with E-state index in [1.54, 1.807) is 18.5 Å². The minimum Gasteiger partial charge on any atom is -0.396 e. The number of nitrogen functional groups attached to an aromatic ring is 1. The zero-order valence-electron chi connectivity index (χ0n) is 9.72. The van der Waals surface area contributed by atoms with Crippen LogP contribution in [0.4, 0.5) is 11.4 Å². The van der Waals surface area contributed by atoms with Crippen molar-refractivity contribution in [1.82, 2.24) is 14.8 Å². The van der Waals surface area contributed by atoms with E-state index in [0.29, 0.717) is 11.4 Å². The van der Waals surface area contributed by atoms with Gasteiger partial charge in [0.2, 0.25) is 5.91 Å². The number of aromatic nitrogens is 3. The highest BCUT2D eigenvalue weighted by atomic mass is 35.5. The van der Waals surface area contributed by atoms with Crippen molar-refractivity contribution in [2.24, 2.45) is 0 Å². The van der Waals surface area contributed by atoms with Crippen molar-refractivity contribution in [2.75, 3.05) is 11.1 Å². The summed E-state index contributed by atoms with van der Waals surface area (Å²) >= 11 is 5.88. The largest absolute Gasteiger partial charge is 0.396 e. The summed E-state index contributed by atoms with van der Waals surface area (Å²) in [6.07, 6.45) is 4.69. The van der Waals surface area contributed by atoms with Crippen LogP contribution in [0.5, 0.6) is 0 Å². The molecular formula is C11H12ClN5O. The Morgan fingerprint density at radius 1 is 1.56 bits per heavy atom. The lowest BCUT2D eigenvalue weighted by atomic mass is 10.3. The molecule has 2 rings (SSSR count). The van der Waals surface area contributed by atoms with Gasteiger partial charge < -0.3 is 11.1 Å². The highest BCUT2D eigenvalue weighted by molar-refractivity contribution is 6.32. The van der Waals surface area contributed by atoms with Gasteiger partial charge in [0.15, 0.2) is 5.15 Å². The standard InChI is InChI=1S/C11H12ClN5O/c1-7-2-9(11(12)14-3-7)16-10(18)6-17-5-8(13)4-15-17/h2-5H,6,13H2,1H3,(H,16,18). The monoisotopic (exact) mass is 265 g/mol. The van der Waals surface area contributed by atoms with E-state index in [1.807, 2.05) is 6.92 Å². The second-order valence-electron chi connectivity index (χ2n) is 3.87. The van der Waals surface area contributed by atoms with Crippen molar-refractivity contribution < 1.29 is 4.79 Å². The Kier molecular flexibility index (Phi) is 3.47. The first-order valence-electron chi connectivity index (χ1n) is 5.24. The Hall–Kier alpha value is -2.08. The van der Waals surface area contributed by atoms with Crippen LogP contribution in [-0.2, 0) is 11.3 Å². The van der Waals surface area contributed by atoms with Gasteiger partial charge in [-0.3, -0.25) is 9.48 Å². The van der Waals surface area contributed by atoms with Gasteiger partial charge in [-0.1, -0.05) is 11.6 Å². The van der Waals surface area contributed by atoms with Crippen LogP contribution in [0.2, 0.25) is 5.15 Å². The molecule has 0 saturated carbocycles. The van der Waals surface area contributed by atoms with Crippen LogP contribution in [0, 0.1) is 6.92 Å². The molecule has 0 aliphatic carbocycles. The number of rotatable bonds is 3. The lowest BCUT2D eigenvalue weighted by molar-refractivity contribution is -0.116. The maximum atomic E-state index is 11.8. The van der Waals surface area contributed by atoms with Gasteiger partial charge in [-0.25, -0.2) is 4.98 Å². The number of nitrogens with one attached hydrogen (secondary N) is 1. The van der Waals surface area contributed by atoms with Crippen molar-refractivity contribution in [1.29, 1.82) is 0 Å². The van der Waals surface area contributed by atoms with E-state index >= 15 is 0 Å². The predicted octanol–water partition coefficient (Wildman–Crippen LogP) is 1.46. The van der Waals surface area contributed by atoms with Crippen LogP contribution in [0.3, 0.4) is 0 Å². The third-order valence-corrected chi connectivity index (χ3v) is 2.51. The van der Waals surface area contributed by atoms with E-state index in [2.05, 4.69) is 15.4 Å². The van der Waals surface area contributed by atoms with Gasteiger partial charge in [0.1, 0.15) is 6.54 Å². The number of pyridine rings is 1. The van der Waals surface area contributed by atoms with E-state index in [0.717, 1.165) is 5.56 Å². The maximum absolute atomic E-state index is 11.8. The van der Waals surface area contributed by atoms with Gasteiger partial charge in [0, 0.05) is 12.4 Å². The van der Waals surface area contributed by atoms with E-state index in [4.69, 9.17) is 17.3 Å². The lowest BCUT2D eigenvalue weighted by Crippen LogP contribution is -2.19. The molecule has 0 spiro atoms. The molecule has 0 fully saturated rings.